The summed E-state index contributed by atoms with van der Waals surface area (Å²) in [6.07, 6.45) is -1.51. The maximum atomic E-state index is 13.7. The molecule has 0 spiro atoms. The standard InChI is InChI=1S/C14H9Br2F3O/c15-8-5-10(18)13(11(19)6-8)12(20)4-7-2-1-3-9(17)14(7)16/h1-3,5-6,12,20H,4H2. The van der Waals surface area contributed by atoms with Crippen LogP contribution < -0.4 is 0 Å². The molecule has 1 atom stereocenters. The normalized spacial score (nSPS) is 12.5. The van der Waals surface area contributed by atoms with E-state index in [0.29, 0.717) is 5.56 Å². The van der Waals surface area contributed by atoms with Gasteiger partial charge in [0, 0.05) is 10.9 Å². The van der Waals surface area contributed by atoms with Crippen molar-refractivity contribution in [2.24, 2.45) is 0 Å². The summed E-state index contributed by atoms with van der Waals surface area (Å²) in [6, 6.07) is 6.44. The van der Waals surface area contributed by atoms with Gasteiger partial charge in [0.15, 0.2) is 0 Å². The van der Waals surface area contributed by atoms with Crippen LogP contribution in [0.3, 0.4) is 0 Å². The maximum absolute atomic E-state index is 13.7. The summed E-state index contributed by atoms with van der Waals surface area (Å²) in [4.78, 5) is 0. The van der Waals surface area contributed by atoms with E-state index >= 15 is 0 Å². The van der Waals surface area contributed by atoms with Crippen LogP contribution in [0, 0.1) is 17.5 Å². The zero-order valence-corrected chi connectivity index (χ0v) is 13.2. The molecule has 0 radical (unpaired) electrons. The van der Waals surface area contributed by atoms with Crippen molar-refractivity contribution >= 4 is 31.9 Å². The molecule has 0 aliphatic heterocycles. The average molecular weight is 410 g/mol. The SMILES string of the molecule is OC(Cc1cccc(F)c1Br)c1c(F)cc(Br)cc1F. The molecule has 2 rings (SSSR count). The average Bonchev–Trinajstić information content (AvgIpc) is 2.33. The lowest BCUT2D eigenvalue weighted by Gasteiger charge is -2.14. The molecule has 1 nitrogen and oxygen atoms in total. The third-order valence-electron chi connectivity index (χ3n) is 2.82. The number of halogens is 5. The van der Waals surface area contributed by atoms with Gasteiger partial charge >= 0.3 is 0 Å². The molecule has 0 amide bonds. The fourth-order valence-corrected chi connectivity index (χ4v) is 2.72. The first-order valence-electron chi connectivity index (χ1n) is 5.65. The number of aliphatic hydroxyl groups is 1. The van der Waals surface area contributed by atoms with Crippen LogP contribution in [0.1, 0.15) is 17.2 Å². The Morgan fingerprint density at radius 1 is 1.00 bits per heavy atom. The van der Waals surface area contributed by atoms with Gasteiger partial charge in [0.25, 0.3) is 0 Å². The van der Waals surface area contributed by atoms with Crippen molar-refractivity contribution in [1.29, 1.82) is 0 Å². The van der Waals surface area contributed by atoms with Crippen LogP contribution in [0.25, 0.3) is 0 Å². The number of rotatable bonds is 3. The molecule has 1 unspecified atom stereocenters. The summed E-state index contributed by atoms with van der Waals surface area (Å²) < 4.78 is 41.2. The molecular weight excluding hydrogens is 401 g/mol. The van der Waals surface area contributed by atoms with Gasteiger partial charge in [0.2, 0.25) is 0 Å². The number of hydrogen-bond donors (Lipinski definition) is 1. The Kier molecular flexibility index (Phi) is 4.88. The van der Waals surface area contributed by atoms with Gasteiger partial charge in [-0.05, 0) is 39.7 Å². The van der Waals surface area contributed by atoms with E-state index in [0.717, 1.165) is 12.1 Å². The molecule has 0 aliphatic rings. The minimum atomic E-state index is -1.40. The Morgan fingerprint density at radius 2 is 1.60 bits per heavy atom. The summed E-state index contributed by atoms with van der Waals surface area (Å²) >= 11 is 6.01. The quantitative estimate of drug-likeness (QED) is 0.763. The first kappa shape index (κ1) is 15.5. The van der Waals surface area contributed by atoms with E-state index < -0.39 is 29.1 Å². The minimum Gasteiger partial charge on any atom is -0.388 e. The second-order valence-corrected chi connectivity index (χ2v) is 5.92. The van der Waals surface area contributed by atoms with Gasteiger partial charge in [-0.15, -0.1) is 0 Å². The molecule has 2 aromatic rings. The van der Waals surface area contributed by atoms with Crippen LogP contribution in [0.2, 0.25) is 0 Å². The lowest BCUT2D eigenvalue weighted by atomic mass is 10.0. The predicted molar refractivity (Wildman–Crippen MR) is 76.8 cm³/mol. The fraction of sp³-hybridized carbons (Fsp3) is 0.143. The van der Waals surface area contributed by atoms with Crippen LogP contribution in [0.15, 0.2) is 39.3 Å². The van der Waals surface area contributed by atoms with Crippen molar-refractivity contribution < 1.29 is 18.3 Å². The van der Waals surface area contributed by atoms with Gasteiger partial charge in [0.05, 0.1) is 16.1 Å². The Morgan fingerprint density at radius 3 is 2.20 bits per heavy atom. The van der Waals surface area contributed by atoms with Crippen LogP contribution in [0.5, 0.6) is 0 Å². The molecule has 0 saturated carbocycles. The van der Waals surface area contributed by atoms with Crippen LogP contribution in [-0.4, -0.2) is 5.11 Å². The second kappa shape index (κ2) is 6.28. The lowest BCUT2D eigenvalue weighted by molar-refractivity contribution is 0.168. The van der Waals surface area contributed by atoms with E-state index in [1.54, 1.807) is 6.07 Å². The predicted octanol–water partition coefficient (Wildman–Crippen LogP) is 4.91. The van der Waals surface area contributed by atoms with E-state index in [4.69, 9.17) is 0 Å². The maximum Gasteiger partial charge on any atom is 0.137 e. The van der Waals surface area contributed by atoms with Crippen molar-refractivity contribution in [3.63, 3.8) is 0 Å². The van der Waals surface area contributed by atoms with Crippen LogP contribution >= 0.6 is 31.9 Å². The molecule has 0 aliphatic carbocycles. The van der Waals surface area contributed by atoms with Crippen LogP contribution in [0.4, 0.5) is 13.2 Å². The van der Waals surface area contributed by atoms with Gasteiger partial charge in [0.1, 0.15) is 17.5 Å². The van der Waals surface area contributed by atoms with Gasteiger partial charge in [-0.1, -0.05) is 28.1 Å². The highest BCUT2D eigenvalue weighted by Gasteiger charge is 2.20. The van der Waals surface area contributed by atoms with E-state index in [1.807, 2.05) is 0 Å². The van der Waals surface area contributed by atoms with Gasteiger partial charge in [-0.25, -0.2) is 13.2 Å². The summed E-state index contributed by atoms with van der Waals surface area (Å²) in [6.45, 7) is 0. The molecule has 20 heavy (non-hydrogen) atoms. The van der Waals surface area contributed by atoms with Crippen molar-refractivity contribution in [2.45, 2.75) is 12.5 Å². The molecule has 0 fully saturated rings. The highest BCUT2D eigenvalue weighted by Crippen LogP contribution is 2.30. The molecule has 0 heterocycles. The molecule has 106 valence electrons. The van der Waals surface area contributed by atoms with E-state index in [9.17, 15) is 18.3 Å². The third kappa shape index (κ3) is 3.24. The lowest BCUT2D eigenvalue weighted by Crippen LogP contribution is -2.08. The first-order chi connectivity index (χ1) is 9.40. The molecule has 6 heteroatoms. The molecule has 2 aromatic carbocycles. The largest absolute Gasteiger partial charge is 0.388 e. The summed E-state index contributed by atoms with van der Waals surface area (Å²) in [5.74, 6) is -2.19. The molecule has 0 aromatic heterocycles. The van der Waals surface area contributed by atoms with E-state index in [-0.39, 0.29) is 15.4 Å². The van der Waals surface area contributed by atoms with Gasteiger partial charge < -0.3 is 5.11 Å². The summed E-state index contributed by atoms with van der Waals surface area (Å²) in [7, 11) is 0. The third-order valence-corrected chi connectivity index (χ3v) is 4.17. The zero-order chi connectivity index (χ0) is 14.9. The molecule has 0 bridgehead atoms. The zero-order valence-electron chi connectivity index (χ0n) is 10.0. The van der Waals surface area contributed by atoms with Gasteiger partial charge in [-0.3, -0.25) is 0 Å². The monoisotopic (exact) mass is 408 g/mol. The topological polar surface area (TPSA) is 20.2 Å². The number of aliphatic hydroxyl groups excluding tert-OH is 1. The highest BCUT2D eigenvalue weighted by atomic mass is 79.9. The van der Waals surface area contributed by atoms with Crippen molar-refractivity contribution in [2.75, 3.05) is 0 Å². The number of hydrogen-bond acceptors (Lipinski definition) is 1. The Balaban J connectivity index is 2.33. The summed E-state index contributed by atoms with van der Waals surface area (Å²) in [5.41, 5.74) is 0.00331. The fourth-order valence-electron chi connectivity index (χ4n) is 1.89. The van der Waals surface area contributed by atoms with Crippen molar-refractivity contribution in [1.82, 2.24) is 0 Å². The van der Waals surface area contributed by atoms with E-state index in [1.165, 1.54) is 12.1 Å². The highest BCUT2D eigenvalue weighted by molar-refractivity contribution is 9.10. The Labute approximate surface area is 130 Å². The molecular formula is C14H9Br2F3O. The van der Waals surface area contributed by atoms with Crippen LogP contribution in [-0.2, 0) is 6.42 Å². The number of benzene rings is 2. The molecule has 1 N–H and O–H groups in total. The van der Waals surface area contributed by atoms with Crippen molar-refractivity contribution in [3.8, 4) is 0 Å². The Bertz CT molecular complexity index is 623. The van der Waals surface area contributed by atoms with Crippen molar-refractivity contribution in [3.05, 3.63) is 67.9 Å². The smallest absolute Gasteiger partial charge is 0.137 e. The second-order valence-electron chi connectivity index (χ2n) is 4.22. The van der Waals surface area contributed by atoms with Gasteiger partial charge in [-0.2, -0.15) is 0 Å². The minimum absolute atomic E-state index is 0.103. The molecule has 0 saturated heterocycles. The first-order valence-corrected chi connectivity index (χ1v) is 7.24. The summed E-state index contributed by atoms with van der Waals surface area (Å²) in [5, 5.41) is 10.0. The Hall–Kier alpha value is -0.850. The van der Waals surface area contributed by atoms with E-state index in [2.05, 4.69) is 31.9 Å².